The van der Waals surface area contributed by atoms with E-state index in [-0.39, 0.29) is 0 Å². The quantitative estimate of drug-likeness (QED) is 0.741. The maximum Gasteiger partial charge on any atom is 0.0662 e. The minimum Gasteiger partial charge on any atom is -0.380 e. The molecule has 0 amide bonds. The lowest BCUT2D eigenvalue weighted by molar-refractivity contribution is 0.113. The van der Waals surface area contributed by atoms with Gasteiger partial charge in [0.2, 0.25) is 0 Å². The molecule has 0 radical (unpaired) electrons. The van der Waals surface area contributed by atoms with Gasteiger partial charge in [0.05, 0.1) is 18.8 Å². The molecule has 1 aromatic rings. The van der Waals surface area contributed by atoms with Gasteiger partial charge in [0.15, 0.2) is 0 Å². The van der Waals surface area contributed by atoms with Gasteiger partial charge >= 0.3 is 0 Å². The van der Waals surface area contributed by atoms with E-state index in [1.54, 1.807) is 0 Å². The van der Waals surface area contributed by atoms with Crippen LogP contribution in [0.5, 0.6) is 0 Å². The molecule has 2 N–H and O–H groups in total. The maximum atomic E-state index is 5.69. The summed E-state index contributed by atoms with van der Waals surface area (Å²) in [6, 6.07) is 0. The molecule has 0 bridgehead atoms. The van der Waals surface area contributed by atoms with Crippen LogP contribution < -0.4 is 5.73 Å². The van der Waals surface area contributed by atoms with Crippen molar-refractivity contribution in [1.82, 2.24) is 9.78 Å². The highest BCUT2D eigenvalue weighted by molar-refractivity contribution is 5.23. The Kier molecular flexibility index (Phi) is 5.65. The SMILES string of the molecule is Cc1nn(CCOCCC(C)C)c(C)c1CN. The second kappa shape index (κ2) is 6.77. The summed E-state index contributed by atoms with van der Waals surface area (Å²) in [6.07, 6.45) is 1.12. The lowest BCUT2D eigenvalue weighted by Crippen LogP contribution is -2.11. The predicted octanol–water partition coefficient (Wildman–Crippen LogP) is 2.02. The van der Waals surface area contributed by atoms with E-state index in [0.717, 1.165) is 43.1 Å². The molecule has 98 valence electrons. The van der Waals surface area contributed by atoms with Crippen molar-refractivity contribution in [2.75, 3.05) is 13.2 Å². The summed E-state index contributed by atoms with van der Waals surface area (Å²) in [5.74, 6) is 0.701. The van der Waals surface area contributed by atoms with Crippen LogP contribution in [0, 0.1) is 19.8 Å². The molecule has 17 heavy (non-hydrogen) atoms. The number of nitrogens with two attached hydrogens (primary N) is 1. The van der Waals surface area contributed by atoms with Crippen LogP contribution in [0.2, 0.25) is 0 Å². The summed E-state index contributed by atoms with van der Waals surface area (Å²) in [4.78, 5) is 0. The van der Waals surface area contributed by atoms with Crippen LogP contribution in [0.4, 0.5) is 0 Å². The Bertz CT molecular complexity index is 345. The second-order valence-electron chi connectivity index (χ2n) is 4.87. The standard InChI is InChI=1S/C13H25N3O/c1-10(2)5-7-17-8-6-16-12(4)13(9-14)11(3)15-16/h10H,5-9,14H2,1-4H3. The average molecular weight is 239 g/mol. The number of nitrogens with zero attached hydrogens (tertiary/aromatic N) is 2. The molecule has 1 heterocycles. The van der Waals surface area contributed by atoms with E-state index in [2.05, 4.69) is 25.9 Å². The third-order valence-electron chi connectivity index (χ3n) is 3.02. The van der Waals surface area contributed by atoms with Crippen LogP contribution in [-0.2, 0) is 17.8 Å². The monoisotopic (exact) mass is 239 g/mol. The van der Waals surface area contributed by atoms with E-state index in [9.17, 15) is 0 Å². The first-order valence-corrected chi connectivity index (χ1v) is 6.37. The minimum atomic E-state index is 0.561. The molecule has 0 aromatic carbocycles. The molecule has 0 aliphatic rings. The van der Waals surface area contributed by atoms with Crippen molar-refractivity contribution in [3.05, 3.63) is 17.0 Å². The highest BCUT2D eigenvalue weighted by Crippen LogP contribution is 2.11. The van der Waals surface area contributed by atoms with Crippen LogP contribution in [0.25, 0.3) is 0 Å². The first-order chi connectivity index (χ1) is 8.06. The van der Waals surface area contributed by atoms with Gasteiger partial charge < -0.3 is 10.5 Å². The van der Waals surface area contributed by atoms with Crippen LogP contribution in [0.1, 0.15) is 37.2 Å². The molecule has 0 unspecified atom stereocenters. The molecule has 0 aliphatic carbocycles. The van der Waals surface area contributed by atoms with Crippen molar-refractivity contribution in [2.45, 2.75) is 47.2 Å². The van der Waals surface area contributed by atoms with Gasteiger partial charge in [0.1, 0.15) is 0 Å². The first-order valence-electron chi connectivity index (χ1n) is 6.37. The molecular formula is C13H25N3O. The van der Waals surface area contributed by atoms with E-state index in [0.29, 0.717) is 12.5 Å². The number of aryl methyl sites for hydroxylation is 1. The van der Waals surface area contributed by atoms with Crippen molar-refractivity contribution in [3.63, 3.8) is 0 Å². The Morgan fingerprint density at radius 1 is 1.29 bits per heavy atom. The minimum absolute atomic E-state index is 0.561. The van der Waals surface area contributed by atoms with E-state index in [1.165, 1.54) is 0 Å². The predicted molar refractivity (Wildman–Crippen MR) is 69.9 cm³/mol. The van der Waals surface area contributed by atoms with Gasteiger partial charge in [0, 0.05) is 24.4 Å². The van der Waals surface area contributed by atoms with Crippen molar-refractivity contribution < 1.29 is 4.74 Å². The van der Waals surface area contributed by atoms with Gasteiger partial charge in [-0.2, -0.15) is 5.10 Å². The van der Waals surface area contributed by atoms with Gasteiger partial charge in [0.25, 0.3) is 0 Å². The summed E-state index contributed by atoms with van der Waals surface area (Å²) in [7, 11) is 0. The van der Waals surface area contributed by atoms with Crippen LogP contribution >= 0.6 is 0 Å². The zero-order valence-electron chi connectivity index (χ0n) is 11.5. The van der Waals surface area contributed by atoms with E-state index < -0.39 is 0 Å². The van der Waals surface area contributed by atoms with Gasteiger partial charge in [-0.05, 0) is 26.2 Å². The lowest BCUT2D eigenvalue weighted by atomic mass is 10.1. The Hall–Kier alpha value is -0.870. The summed E-state index contributed by atoms with van der Waals surface area (Å²) in [6.45, 7) is 11.4. The fourth-order valence-corrected chi connectivity index (χ4v) is 1.82. The molecule has 4 nitrogen and oxygen atoms in total. The summed E-state index contributed by atoms with van der Waals surface area (Å²) >= 11 is 0. The van der Waals surface area contributed by atoms with Crippen molar-refractivity contribution in [1.29, 1.82) is 0 Å². The molecule has 0 spiro atoms. The number of ether oxygens (including phenoxy) is 1. The zero-order chi connectivity index (χ0) is 12.8. The Labute approximate surface area is 104 Å². The zero-order valence-corrected chi connectivity index (χ0v) is 11.5. The van der Waals surface area contributed by atoms with Gasteiger partial charge in [-0.1, -0.05) is 13.8 Å². The molecule has 0 atom stereocenters. The number of aromatic nitrogens is 2. The maximum absolute atomic E-state index is 5.69. The normalized spacial score (nSPS) is 11.4. The fourth-order valence-electron chi connectivity index (χ4n) is 1.82. The second-order valence-corrected chi connectivity index (χ2v) is 4.87. The summed E-state index contributed by atoms with van der Waals surface area (Å²) in [5.41, 5.74) is 9.05. The smallest absolute Gasteiger partial charge is 0.0662 e. The molecule has 0 fully saturated rings. The fraction of sp³-hybridized carbons (Fsp3) is 0.769. The van der Waals surface area contributed by atoms with Crippen molar-refractivity contribution >= 4 is 0 Å². The Morgan fingerprint density at radius 2 is 2.00 bits per heavy atom. The van der Waals surface area contributed by atoms with Gasteiger partial charge in [-0.15, -0.1) is 0 Å². The number of hydrogen-bond donors (Lipinski definition) is 1. The highest BCUT2D eigenvalue weighted by atomic mass is 16.5. The van der Waals surface area contributed by atoms with Gasteiger partial charge in [-0.3, -0.25) is 4.68 Å². The first kappa shape index (κ1) is 14.2. The number of hydrogen-bond acceptors (Lipinski definition) is 3. The van der Waals surface area contributed by atoms with Crippen LogP contribution in [0.3, 0.4) is 0 Å². The highest BCUT2D eigenvalue weighted by Gasteiger charge is 2.09. The lowest BCUT2D eigenvalue weighted by Gasteiger charge is -2.08. The topological polar surface area (TPSA) is 53.1 Å². The molecule has 0 saturated carbocycles. The van der Waals surface area contributed by atoms with E-state index >= 15 is 0 Å². The molecule has 4 heteroatoms. The van der Waals surface area contributed by atoms with Crippen molar-refractivity contribution in [3.8, 4) is 0 Å². The Morgan fingerprint density at radius 3 is 2.53 bits per heavy atom. The van der Waals surface area contributed by atoms with Crippen molar-refractivity contribution in [2.24, 2.45) is 11.7 Å². The molecule has 1 aromatic heterocycles. The van der Waals surface area contributed by atoms with Crippen LogP contribution in [0.15, 0.2) is 0 Å². The van der Waals surface area contributed by atoms with E-state index in [1.807, 2.05) is 11.6 Å². The molecule has 0 saturated heterocycles. The van der Waals surface area contributed by atoms with Crippen LogP contribution in [-0.4, -0.2) is 23.0 Å². The molecule has 0 aliphatic heterocycles. The summed E-state index contributed by atoms with van der Waals surface area (Å²) < 4.78 is 7.59. The third-order valence-corrected chi connectivity index (χ3v) is 3.02. The number of rotatable bonds is 7. The summed E-state index contributed by atoms with van der Waals surface area (Å²) in [5, 5.41) is 4.47. The van der Waals surface area contributed by atoms with Gasteiger partial charge in [-0.25, -0.2) is 0 Å². The molecular weight excluding hydrogens is 214 g/mol. The molecule has 1 rings (SSSR count). The van der Waals surface area contributed by atoms with E-state index in [4.69, 9.17) is 10.5 Å². The Balaban J connectivity index is 2.37. The average Bonchev–Trinajstić information content (AvgIpc) is 2.53. The third kappa shape index (κ3) is 4.13. The largest absolute Gasteiger partial charge is 0.380 e.